The fraction of sp³-hybridized carbons (Fsp3) is 0.286. The van der Waals surface area contributed by atoms with Gasteiger partial charge in [-0.1, -0.05) is 12.1 Å². The number of ether oxygens (including phenoxy) is 3. The van der Waals surface area contributed by atoms with Gasteiger partial charge in [-0.3, -0.25) is 9.59 Å². The van der Waals surface area contributed by atoms with Crippen LogP contribution >= 0.6 is 0 Å². The molecule has 2 aromatic rings. The Morgan fingerprint density at radius 1 is 1.14 bits per heavy atom. The van der Waals surface area contributed by atoms with Crippen molar-refractivity contribution in [2.75, 3.05) is 23.9 Å². The summed E-state index contributed by atoms with van der Waals surface area (Å²) in [5.74, 6) is -0.353. The van der Waals surface area contributed by atoms with Gasteiger partial charge in [0.2, 0.25) is 12.0 Å². The van der Waals surface area contributed by atoms with Crippen LogP contribution in [0.1, 0.15) is 13.8 Å². The first kappa shape index (κ1) is 20.2. The number of benzene rings is 2. The Balaban J connectivity index is 1.63. The number of esters is 1. The average Bonchev–Trinajstić information content (AvgIpc) is 2.73. The maximum atomic E-state index is 12.5. The molecule has 8 nitrogen and oxygen atoms in total. The van der Waals surface area contributed by atoms with Crippen LogP contribution in [0.2, 0.25) is 0 Å². The summed E-state index contributed by atoms with van der Waals surface area (Å²) in [6, 6.07) is 13.7. The Hall–Kier alpha value is -3.55. The second-order valence-corrected chi connectivity index (χ2v) is 6.50. The summed E-state index contributed by atoms with van der Waals surface area (Å²) in [5, 5.41) is 2.67. The number of carbonyl (C=O) groups is 3. The third-order valence-corrected chi connectivity index (χ3v) is 4.44. The van der Waals surface area contributed by atoms with Crippen molar-refractivity contribution in [3.8, 4) is 11.5 Å². The maximum Gasteiger partial charge on any atom is 0.350 e. The minimum atomic E-state index is -1.05. The molecule has 1 aliphatic heterocycles. The van der Waals surface area contributed by atoms with Crippen molar-refractivity contribution in [2.24, 2.45) is 0 Å². The lowest BCUT2D eigenvalue weighted by Crippen LogP contribution is -2.48. The molecular weight excluding hydrogens is 376 g/mol. The number of nitrogens with one attached hydrogen (secondary N) is 1. The number of hydrogen-bond donors (Lipinski definition) is 1. The lowest BCUT2D eigenvalue weighted by molar-refractivity contribution is -0.160. The topological polar surface area (TPSA) is 94.2 Å². The zero-order valence-corrected chi connectivity index (χ0v) is 16.4. The fourth-order valence-corrected chi connectivity index (χ4v) is 2.88. The number of hydrogen-bond acceptors (Lipinski definition) is 6. The van der Waals surface area contributed by atoms with E-state index in [1.54, 1.807) is 55.6 Å². The molecule has 0 saturated carbocycles. The van der Waals surface area contributed by atoms with Crippen LogP contribution in [0.15, 0.2) is 48.5 Å². The first-order valence-corrected chi connectivity index (χ1v) is 9.08. The zero-order valence-electron chi connectivity index (χ0n) is 16.4. The Labute approximate surface area is 168 Å². The summed E-state index contributed by atoms with van der Waals surface area (Å²) in [7, 11) is 1.55. The summed E-state index contributed by atoms with van der Waals surface area (Å²) in [6.07, 6.45) is -2.07. The van der Waals surface area contributed by atoms with Gasteiger partial charge in [0.25, 0.3) is 5.91 Å². The van der Waals surface area contributed by atoms with Crippen LogP contribution < -0.4 is 19.7 Å². The summed E-state index contributed by atoms with van der Waals surface area (Å²) in [5.41, 5.74) is 1.14. The van der Waals surface area contributed by atoms with Crippen molar-refractivity contribution in [3.63, 3.8) is 0 Å². The van der Waals surface area contributed by atoms with Gasteiger partial charge in [-0.25, -0.2) is 4.79 Å². The van der Waals surface area contributed by atoms with E-state index in [2.05, 4.69) is 5.32 Å². The van der Waals surface area contributed by atoms with Crippen molar-refractivity contribution in [1.29, 1.82) is 0 Å². The predicted octanol–water partition coefficient (Wildman–Crippen LogP) is 2.38. The molecule has 2 amide bonds. The molecule has 0 aliphatic carbocycles. The summed E-state index contributed by atoms with van der Waals surface area (Å²) < 4.78 is 16.0. The monoisotopic (exact) mass is 398 g/mol. The highest BCUT2D eigenvalue weighted by Gasteiger charge is 2.35. The number of rotatable bonds is 5. The SMILES string of the molecule is COc1ccc(NC(=O)[C@@H](C)OC(=O)[C@@H]2CN(C(C)=O)c3ccccc3O2)cc1. The van der Waals surface area contributed by atoms with Crippen LogP contribution in [0.25, 0.3) is 0 Å². The lowest BCUT2D eigenvalue weighted by Gasteiger charge is -2.33. The lowest BCUT2D eigenvalue weighted by atomic mass is 10.2. The van der Waals surface area contributed by atoms with Crippen LogP contribution in [0.5, 0.6) is 11.5 Å². The number of para-hydroxylation sites is 2. The molecule has 29 heavy (non-hydrogen) atoms. The molecule has 1 aliphatic rings. The van der Waals surface area contributed by atoms with Gasteiger partial charge in [0.1, 0.15) is 11.5 Å². The van der Waals surface area contributed by atoms with Crippen molar-refractivity contribution in [1.82, 2.24) is 0 Å². The molecule has 1 N–H and O–H groups in total. The average molecular weight is 398 g/mol. The van der Waals surface area contributed by atoms with Gasteiger partial charge in [-0.2, -0.15) is 0 Å². The van der Waals surface area contributed by atoms with Crippen LogP contribution in [0.4, 0.5) is 11.4 Å². The van der Waals surface area contributed by atoms with Crippen molar-refractivity contribution in [3.05, 3.63) is 48.5 Å². The summed E-state index contributed by atoms with van der Waals surface area (Å²) in [4.78, 5) is 38.3. The normalized spacial score (nSPS) is 16.1. The fourth-order valence-electron chi connectivity index (χ4n) is 2.88. The van der Waals surface area contributed by atoms with E-state index in [0.29, 0.717) is 22.9 Å². The van der Waals surface area contributed by atoms with E-state index in [-0.39, 0.29) is 12.5 Å². The molecule has 0 fully saturated rings. The highest BCUT2D eigenvalue weighted by Crippen LogP contribution is 2.33. The molecule has 0 bridgehead atoms. The van der Waals surface area contributed by atoms with Crippen LogP contribution in [-0.2, 0) is 19.1 Å². The molecule has 0 aromatic heterocycles. The largest absolute Gasteiger partial charge is 0.497 e. The Bertz CT molecular complexity index is 912. The Morgan fingerprint density at radius 2 is 1.83 bits per heavy atom. The second kappa shape index (κ2) is 8.64. The number of carbonyl (C=O) groups excluding carboxylic acids is 3. The quantitative estimate of drug-likeness (QED) is 0.778. The molecule has 0 spiro atoms. The Kier molecular flexibility index (Phi) is 6.01. The van der Waals surface area contributed by atoms with Crippen molar-refractivity contribution < 1.29 is 28.6 Å². The molecule has 1 heterocycles. The highest BCUT2D eigenvalue weighted by atomic mass is 16.6. The molecule has 8 heteroatoms. The van der Waals surface area contributed by atoms with Crippen molar-refractivity contribution in [2.45, 2.75) is 26.1 Å². The van der Waals surface area contributed by atoms with Crippen LogP contribution in [0.3, 0.4) is 0 Å². The third kappa shape index (κ3) is 4.66. The number of amides is 2. The van der Waals surface area contributed by atoms with Gasteiger partial charge in [0.05, 0.1) is 19.3 Å². The predicted molar refractivity (Wildman–Crippen MR) is 106 cm³/mol. The molecule has 2 atom stereocenters. The van der Waals surface area contributed by atoms with Crippen molar-refractivity contribution >= 4 is 29.2 Å². The van der Waals surface area contributed by atoms with Crippen LogP contribution in [-0.4, -0.2) is 43.6 Å². The number of fused-ring (bicyclic) bond motifs is 1. The van der Waals surface area contributed by atoms with E-state index in [9.17, 15) is 14.4 Å². The Morgan fingerprint density at radius 3 is 2.48 bits per heavy atom. The van der Waals surface area contributed by atoms with E-state index >= 15 is 0 Å². The van der Waals surface area contributed by atoms with Gasteiger partial charge in [-0.05, 0) is 43.3 Å². The molecule has 0 saturated heterocycles. The van der Waals surface area contributed by atoms with Gasteiger partial charge < -0.3 is 24.4 Å². The van der Waals surface area contributed by atoms with Gasteiger partial charge >= 0.3 is 5.97 Å². The van der Waals surface area contributed by atoms with Gasteiger partial charge in [0.15, 0.2) is 6.10 Å². The minimum absolute atomic E-state index is 0.0119. The molecule has 152 valence electrons. The summed E-state index contributed by atoms with van der Waals surface area (Å²) in [6.45, 7) is 2.89. The molecule has 2 aromatic carbocycles. The minimum Gasteiger partial charge on any atom is -0.497 e. The smallest absolute Gasteiger partial charge is 0.350 e. The number of anilines is 2. The second-order valence-electron chi connectivity index (χ2n) is 6.50. The first-order chi connectivity index (χ1) is 13.9. The van der Waals surface area contributed by atoms with Crippen LogP contribution in [0, 0.1) is 0 Å². The maximum absolute atomic E-state index is 12.5. The highest BCUT2D eigenvalue weighted by molar-refractivity contribution is 5.97. The number of nitrogens with zero attached hydrogens (tertiary/aromatic N) is 1. The zero-order chi connectivity index (χ0) is 21.0. The number of methoxy groups -OCH3 is 1. The van der Waals surface area contributed by atoms with E-state index < -0.39 is 24.1 Å². The standard InChI is InChI=1S/C21H22N2O6/c1-13(20(25)22-15-8-10-16(27-3)11-9-15)28-21(26)19-12-23(14(2)24)17-6-4-5-7-18(17)29-19/h4-11,13,19H,12H2,1-3H3,(H,22,25)/t13-,19+/m1/s1. The van der Waals surface area contributed by atoms with Gasteiger partial charge in [0, 0.05) is 12.6 Å². The van der Waals surface area contributed by atoms with Gasteiger partial charge in [-0.15, -0.1) is 0 Å². The van der Waals surface area contributed by atoms with E-state index in [0.717, 1.165) is 0 Å². The molecule has 3 rings (SSSR count). The molecule has 0 unspecified atom stereocenters. The van der Waals surface area contributed by atoms with E-state index in [1.165, 1.54) is 18.7 Å². The first-order valence-electron chi connectivity index (χ1n) is 9.08. The molecule has 0 radical (unpaired) electrons. The third-order valence-electron chi connectivity index (χ3n) is 4.44. The van der Waals surface area contributed by atoms with E-state index in [1.807, 2.05) is 0 Å². The molecular formula is C21H22N2O6. The van der Waals surface area contributed by atoms with E-state index in [4.69, 9.17) is 14.2 Å². The summed E-state index contributed by atoms with van der Waals surface area (Å²) >= 11 is 0.